The smallest absolute Gasteiger partial charge is 0.180 e. The van der Waals surface area contributed by atoms with E-state index in [1.807, 2.05) is 0 Å². The number of Topliss-reactive ketones (excluding diaryl/α,β-unsaturated/α-hetero) is 1. The molecule has 2 N–H and O–H groups in total. The molecule has 0 aliphatic rings. The quantitative estimate of drug-likeness (QED) is 0.641. The highest BCUT2D eigenvalue weighted by Gasteiger charge is 2.29. The molecule has 0 heterocycles. The lowest BCUT2D eigenvalue weighted by molar-refractivity contribution is 0.0985. The zero-order valence-electron chi connectivity index (χ0n) is 10.0. The minimum atomic E-state index is -3.35. The third-order valence-corrected chi connectivity index (χ3v) is 4.91. The van der Waals surface area contributed by atoms with Gasteiger partial charge < -0.3 is 5.73 Å². The van der Waals surface area contributed by atoms with Crippen molar-refractivity contribution in [1.29, 1.82) is 0 Å². The Labute approximate surface area is 102 Å². The van der Waals surface area contributed by atoms with Crippen LogP contribution in [0.4, 0.5) is 5.69 Å². The van der Waals surface area contributed by atoms with Gasteiger partial charge in [0, 0.05) is 17.0 Å². The molecule has 94 valence electrons. The van der Waals surface area contributed by atoms with Gasteiger partial charge in [-0.3, -0.25) is 4.79 Å². The molecule has 0 aliphatic carbocycles. The van der Waals surface area contributed by atoms with Crippen molar-refractivity contribution in [2.24, 2.45) is 0 Å². The maximum Gasteiger partial charge on any atom is 0.180 e. The number of nitrogens with two attached hydrogens (primary N) is 1. The molecular weight excluding hydrogens is 238 g/mol. The number of sulfone groups is 1. The normalized spacial score (nSPS) is 13.3. The number of hydrogen-bond donors (Lipinski definition) is 1. The number of carbonyl (C=O) groups is 1. The summed E-state index contributed by atoms with van der Waals surface area (Å²) < 4.78 is 23.5. The maximum absolute atomic E-state index is 12.1. The molecule has 0 saturated heterocycles. The number of hydrogen-bond acceptors (Lipinski definition) is 4. The maximum atomic E-state index is 12.1. The van der Waals surface area contributed by atoms with E-state index in [0.717, 1.165) is 0 Å². The van der Waals surface area contributed by atoms with Crippen molar-refractivity contribution in [3.8, 4) is 0 Å². The van der Waals surface area contributed by atoms with Gasteiger partial charge in [0.2, 0.25) is 0 Å². The monoisotopic (exact) mass is 255 g/mol. The fraction of sp³-hybridized carbons (Fsp3) is 0.417. The summed E-state index contributed by atoms with van der Waals surface area (Å²) in [7, 11) is -3.35. The van der Waals surface area contributed by atoms with Crippen molar-refractivity contribution >= 4 is 21.3 Å². The summed E-state index contributed by atoms with van der Waals surface area (Å²) in [5, 5.41) is -0.948. The summed E-state index contributed by atoms with van der Waals surface area (Å²) in [6.45, 7) is 3.25. The van der Waals surface area contributed by atoms with Crippen LogP contribution in [0.5, 0.6) is 0 Å². The third kappa shape index (κ3) is 3.06. The van der Waals surface area contributed by atoms with E-state index in [0.29, 0.717) is 17.7 Å². The summed E-state index contributed by atoms with van der Waals surface area (Å²) in [5.74, 6) is -0.374. The summed E-state index contributed by atoms with van der Waals surface area (Å²) in [6.07, 6.45) is 0.291. The molecule has 0 radical (unpaired) electrons. The van der Waals surface area contributed by atoms with Crippen molar-refractivity contribution < 1.29 is 13.2 Å². The Bertz CT molecular complexity index is 491. The lowest BCUT2D eigenvalue weighted by Gasteiger charge is -2.13. The number of rotatable bonds is 5. The van der Waals surface area contributed by atoms with Gasteiger partial charge in [-0.1, -0.05) is 13.8 Å². The fourth-order valence-electron chi connectivity index (χ4n) is 1.64. The van der Waals surface area contributed by atoms with Crippen LogP contribution in [-0.4, -0.2) is 25.2 Å². The number of benzene rings is 1. The van der Waals surface area contributed by atoms with E-state index in [1.54, 1.807) is 38.1 Å². The largest absolute Gasteiger partial charge is 0.399 e. The summed E-state index contributed by atoms with van der Waals surface area (Å²) in [4.78, 5) is 12.1. The van der Waals surface area contributed by atoms with Crippen LogP contribution in [0.25, 0.3) is 0 Å². The highest BCUT2D eigenvalue weighted by atomic mass is 32.2. The van der Waals surface area contributed by atoms with Crippen molar-refractivity contribution in [1.82, 2.24) is 0 Å². The molecule has 0 amide bonds. The Morgan fingerprint density at radius 3 is 2.18 bits per heavy atom. The van der Waals surface area contributed by atoms with Gasteiger partial charge >= 0.3 is 0 Å². The Balaban J connectivity index is 3.07. The first-order chi connectivity index (χ1) is 7.92. The molecular formula is C12H17NO3S. The van der Waals surface area contributed by atoms with Crippen molar-refractivity contribution in [2.75, 3.05) is 11.5 Å². The van der Waals surface area contributed by atoms with Crippen LogP contribution in [0.3, 0.4) is 0 Å². The van der Waals surface area contributed by atoms with Crippen LogP contribution in [0, 0.1) is 0 Å². The predicted molar refractivity (Wildman–Crippen MR) is 68.7 cm³/mol. The van der Waals surface area contributed by atoms with Crippen LogP contribution in [0.15, 0.2) is 24.3 Å². The van der Waals surface area contributed by atoms with E-state index >= 15 is 0 Å². The van der Waals surface area contributed by atoms with E-state index in [4.69, 9.17) is 5.73 Å². The van der Waals surface area contributed by atoms with Crippen LogP contribution >= 0.6 is 0 Å². The highest BCUT2D eigenvalue weighted by Crippen LogP contribution is 2.15. The highest BCUT2D eigenvalue weighted by molar-refractivity contribution is 7.92. The van der Waals surface area contributed by atoms with Crippen LogP contribution < -0.4 is 5.73 Å². The van der Waals surface area contributed by atoms with Gasteiger partial charge in [-0.25, -0.2) is 8.42 Å². The third-order valence-electron chi connectivity index (χ3n) is 2.69. The molecule has 0 unspecified atom stereocenters. The number of nitrogen functional groups attached to an aromatic ring is 1. The molecule has 1 aromatic carbocycles. The van der Waals surface area contributed by atoms with Crippen molar-refractivity contribution in [2.45, 2.75) is 25.5 Å². The van der Waals surface area contributed by atoms with E-state index in [-0.39, 0.29) is 11.5 Å². The molecule has 0 fully saturated rings. The Kier molecular flexibility index (Phi) is 4.28. The average Bonchev–Trinajstić information content (AvgIpc) is 2.30. The minimum Gasteiger partial charge on any atom is -0.399 e. The number of carbonyl (C=O) groups excluding carboxylic acids is 1. The molecule has 1 aromatic rings. The first-order valence-electron chi connectivity index (χ1n) is 5.53. The topological polar surface area (TPSA) is 77.2 Å². The molecule has 0 saturated carbocycles. The van der Waals surface area contributed by atoms with Gasteiger partial charge in [-0.15, -0.1) is 0 Å². The van der Waals surface area contributed by atoms with Gasteiger partial charge in [-0.05, 0) is 30.7 Å². The SMILES string of the molecule is CC[C@H](C(=O)c1ccc(N)cc1)S(=O)(=O)CC. The number of anilines is 1. The van der Waals surface area contributed by atoms with E-state index in [9.17, 15) is 13.2 Å². The second-order valence-corrected chi connectivity index (χ2v) is 6.31. The predicted octanol–water partition coefficient (Wildman–Crippen LogP) is 1.66. The molecule has 0 aliphatic heterocycles. The van der Waals surface area contributed by atoms with E-state index in [2.05, 4.69) is 0 Å². The molecule has 1 atom stereocenters. The first-order valence-corrected chi connectivity index (χ1v) is 7.25. The first kappa shape index (κ1) is 13.7. The molecule has 5 heteroatoms. The van der Waals surface area contributed by atoms with Crippen LogP contribution in [-0.2, 0) is 9.84 Å². The summed E-state index contributed by atoms with van der Waals surface area (Å²) in [5.41, 5.74) is 6.46. The van der Waals surface area contributed by atoms with Crippen LogP contribution in [0.1, 0.15) is 30.6 Å². The lowest BCUT2D eigenvalue weighted by Crippen LogP contribution is -2.31. The molecule has 1 rings (SSSR count). The molecule has 4 nitrogen and oxygen atoms in total. The van der Waals surface area contributed by atoms with Crippen molar-refractivity contribution in [3.05, 3.63) is 29.8 Å². The molecule has 0 spiro atoms. The lowest BCUT2D eigenvalue weighted by atomic mass is 10.1. The Morgan fingerprint density at radius 1 is 1.24 bits per heavy atom. The summed E-state index contributed by atoms with van der Waals surface area (Å²) in [6, 6.07) is 6.31. The Hall–Kier alpha value is -1.36. The van der Waals surface area contributed by atoms with Gasteiger partial charge in [0.05, 0.1) is 0 Å². The standard InChI is InChI=1S/C12H17NO3S/c1-3-11(17(15,16)4-2)12(14)9-5-7-10(13)8-6-9/h5-8,11H,3-4,13H2,1-2H3/t11-/m1/s1. The summed E-state index contributed by atoms with van der Waals surface area (Å²) >= 11 is 0. The van der Waals surface area contributed by atoms with Crippen LogP contribution in [0.2, 0.25) is 0 Å². The average molecular weight is 255 g/mol. The van der Waals surface area contributed by atoms with Gasteiger partial charge in [0.1, 0.15) is 5.25 Å². The van der Waals surface area contributed by atoms with Gasteiger partial charge in [0.15, 0.2) is 15.6 Å². The second-order valence-electron chi connectivity index (χ2n) is 3.83. The van der Waals surface area contributed by atoms with Gasteiger partial charge in [0.25, 0.3) is 0 Å². The second kappa shape index (κ2) is 5.31. The van der Waals surface area contributed by atoms with E-state index in [1.165, 1.54) is 0 Å². The minimum absolute atomic E-state index is 0.0216. The van der Waals surface area contributed by atoms with Gasteiger partial charge in [-0.2, -0.15) is 0 Å². The fourth-order valence-corrected chi connectivity index (χ4v) is 3.01. The Morgan fingerprint density at radius 2 is 1.76 bits per heavy atom. The molecule has 0 bridgehead atoms. The van der Waals surface area contributed by atoms with Crippen molar-refractivity contribution in [3.63, 3.8) is 0 Å². The molecule has 0 aromatic heterocycles. The molecule has 17 heavy (non-hydrogen) atoms. The number of ketones is 1. The zero-order chi connectivity index (χ0) is 13.1. The zero-order valence-corrected chi connectivity index (χ0v) is 10.8. The van der Waals surface area contributed by atoms with E-state index < -0.39 is 15.1 Å².